The van der Waals surface area contributed by atoms with Gasteiger partial charge in [-0.1, -0.05) is 6.07 Å². The van der Waals surface area contributed by atoms with Gasteiger partial charge in [-0.2, -0.15) is 0 Å². The van der Waals surface area contributed by atoms with Gasteiger partial charge in [0.15, 0.2) is 17.5 Å². The van der Waals surface area contributed by atoms with E-state index in [1.54, 1.807) is 19.7 Å². The van der Waals surface area contributed by atoms with Gasteiger partial charge in [-0.25, -0.2) is 0 Å². The first-order chi connectivity index (χ1) is 12.3. The van der Waals surface area contributed by atoms with Gasteiger partial charge in [0.2, 0.25) is 6.79 Å². The monoisotopic (exact) mass is 344 g/mol. The summed E-state index contributed by atoms with van der Waals surface area (Å²) in [6, 6.07) is 6.06. The number of ether oxygens (including phenoxy) is 2. The largest absolute Gasteiger partial charge is 0.454 e. The number of fused-ring (bicyclic) bond motifs is 1. The van der Waals surface area contributed by atoms with Crippen molar-refractivity contribution in [3.05, 3.63) is 36.4 Å². The average molecular weight is 344 g/mol. The minimum atomic E-state index is 0.310. The molecular weight excluding hydrogens is 320 g/mol. The third-order valence-electron chi connectivity index (χ3n) is 3.97. The molecule has 1 aromatic carbocycles. The summed E-state index contributed by atoms with van der Waals surface area (Å²) in [6.07, 6.45) is 6.50. The molecule has 3 rings (SSSR count). The van der Waals surface area contributed by atoms with Crippen LogP contribution >= 0.6 is 0 Å². The third kappa shape index (κ3) is 5.10. The van der Waals surface area contributed by atoms with Crippen LogP contribution in [0.5, 0.6) is 11.5 Å². The third-order valence-corrected chi connectivity index (χ3v) is 3.97. The lowest BCUT2D eigenvalue weighted by Gasteiger charge is -2.12. The molecule has 0 amide bonds. The van der Waals surface area contributed by atoms with Gasteiger partial charge in [0, 0.05) is 26.7 Å². The fourth-order valence-electron chi connectivity index (χ4n) is 2.61. The summed E-state index contributed by atoms with van der Waals surface area (Å²) in [5, 5.41) is 14.3. The Morgan fingerprint density at radius 1 is 1.12 bits per heavy atom. The summed E-state index contributed by atoms with van der Waals surface area (Å²) >= 11 is 0. The van der Waals surface area contributed by atoms with Crippen LogP contribution in [0.25, 0.3) is 0 Å². The second-order valence-electron chi connectivity index (χ2n) is 5.77. The van der Waals surface area contributed by atoms with Crippen molar-refractivity contribution in [2.45, 2.75) is 25.8 Å². The van der Waals surface area contributed by atoms with E-state index in [0.717, 1.165) is 56.4 Å². The van der Waals surface area contributed by atoms with Gasteiger partial charge in [0.05, 0.1) is 0 Å². The number of aromatic nitrogens is 3. The van der Waals surface area contributed by atoms with Gasteiger partial charge in [0.25, 0.3) is 0 Å². The van der Waals surface area contributed by atoms with Crippen LogP contribution in [0, 0.1) is 0 Å². The smallest absolute Gasteiger partial charge is 0.231 e. The first-order valence-electron chi connectivity index (χ1n) is 8.50. The molecule has 0 saturated heterocycles. The molecule has 25 heavy (non-hydrogen) atoms. The molecule has 1 aliphatic rings. The van der Waals surface area contributed by atoms with Gasteiger partial charge in [-0.3, -0.25) is 4.99 Å². The lowest BCUT2D eigenvalue weighted by atomic mass is 10.1. The van der Waals surface area contributed by atoms with Crippen molar-refractivity contribution in [2.75, 3.05) is 26.9 Å². The van der Waals surface area contributed by atoms with Gasteiger partial charge in [-0.15, -0.1) is 10.2 Å². The maximum Gasteiger partial charge on any atom is 0.231 e. The minimum Gasteiger partial charge on any atom is -0.454 e. The Balaban J connectivity index is 1.31. The van der Waals surface area contributed by atoms with Gasteiger partial charge < -0.3 is 24.7 Å². The van der Waals surface area contributed by atoms with Gasteiger partial charge in [-0.05, 0) is 37.0 Å². The number of rotatable bonds is 8. The number of aliphatic imine (C=N–C) groups is 1. The molecule has 1 aromatic heterocycles. The zero-order valence-corrected chi connectivity index (χ0v) is 14.4. The number of guanidine groups is 1. The van der Waals surface area contributed by atoms with Gasteiger partial charge in [0.1, 0.15) is 12.7 Å². The van der Waals surface area contributed by atoms with E-state index in [0.29, 0.717) is 6.79 Å². The van der Waals surface area contributed by atoms with E-state index in [1.165, 1.54) is 5.56 Å². The fraction of sp³-hybridized carbons (Fsp3) is 0.471. The predicted octanol–water partition coefficient (Wildman–Crippen LogP) is 1.19. The summed E-state index contributed by atoms with van der Waals surface area (Å²) in [6.45, 7) is 2.93. The molecule has 2 heterocycles. The average Bonchev–Trinajstić information content (AvgIpc) is 3.31. The molecule has 0 aliphatic carbocycles. The molecule has 0 bridgehead atoms. The highest BCUT2D eigenvalue weighted by Gasteiger charge is 2.12. The van der Waals surface area contributed by atoms with E-state index in [4.69, 9.17) is 9.47 Å². The first-order valence-corrected chi connectivity index (χ1v) is 8.50. The van der Waals surface area contributed by atoms with Crippen LogP contribution in [0.4, 0.5) is 0 Å². The zero-order valence-electron chi connectivity index (χ0n) is 14.4. The van der Waals surface area contributed by atoms with Crippen molar-refractivity contribution < 1.29 is 9.47 Å². The van der Waals surface area contributed by atoms with Crippen LogP contribution in [0.15, 0.2) is 35.8 Å². The van der Waals surface area contributed by atoms with E-state index in [-0.39, 0.29) is 0 Å². The summed E-state index contributed by atoms with van der Waals surface area (Å²) < 4.78 is 12.7. The van der Waals surface area contributed by atoms with E-state index in [2.05, 4.69) is 31.9 Å². The molecule has 134 valence electrons. The molecule has 8 nitrogen and oxygen atoms in total. The summed E-state index contributed by atoms with van der Waals surface area (Å²) in [5.74, 6) is 2.47. The molecule has 0 fully saturated rings. The molecule has 0 spiro atoms. The van der Waals surface area contributed by atoms with E-state index < -0.39 is 0 Å². The lowest BCUT2D eigenvalue weighted by molar-refractivity contribution is 0.174. The van der Waals surface area contributed by atoms with Gasteiger partial charge >= 0.3 is 0 Å². The van der Waals surface area contributed by atoms with Crippen LogP contribution in [0.2, 0.25) is 0 Å². The molecule has 2 N–H and O–H groups in total. The fourth-order valence-corrected chi connectivity index (χ4v) is 2.61. The Bertz CT molecular complexity index is 686. The number of hydrogen-bond acceptors (Lipinski definition) is 5. The van der Waals surface area contributed by atoms with E-state index >= 15 is 0 Å². The molecule has 0 radical (unpaired) electrons. The molecular formula is C17H24N6O2. The number of unbranched alkanes of at least 4 members (excludes halogenated alkanes) is 1. The molecule has 0 unspecified atom stereocenters. The quantitative estimate of drug-likeness (QED) is 0.425. The zero-order chi connectivity index (χ0) is 17.3. The van der Waals surface area contributed by atoms with Crippen LogP contribution < -0.4 is 20.1 Å². The molecule has 1 aliphatic heterocycles. The first kappa shape index (κ1) is 17.1. The number of nitrogens with zero attached hydrogens (tertiary/aromatic N) is 4. The second-order valence-corrected chi connectivity index (χ2v) is 5.77. The normalized spacial score (nSPS) is 13.1. The van der Waals surface area contributed by atoms with Crippen molar-refractivity contribution in [2.24, 2.45) is 4.99 Å². The Morgan fingerprint density at radius 3 is 2.76 bits per heavy atom. The number of hydrogen-bond donors (Lipinski definition) is 2. The number of nitrogens with one attached hydrogen (secondary N) is 2. The molecule has 0 saturated carbocycles. The standard InChI is InChI=1S/C17H24N6O2/c1-18-17(19-7-2-3-9-23-11-21-22-12-23)20-8-6-14-4-5-15-16(10-14)25-13-24-15/h4-5,10-12H,2-3,6-9,13H2,1H3,(H2,18,19,20). The lowest BCUT2D eigenvalue weighted by Crippen LogP contribution is -2.38. The Hall–Kier alpha value is -2.77. The highest BCUT2D eigenvalue weighted by molar-refractivity contribution is 5.79. The van der Waals surface area contributed by atoms with E-state index in [1.807, 2.05) is 16.7 Å². The Morgan fingerprint density at radius 2 is 1.92 bits per heavy atom. The summed E-state index contributed by atoms with van der Waals surface area (Å²) in [7, 11) is 1.78. The Kier molecular flexibility index (Phi) is 6.08. The maximum absolute atomic E-state index is 5.40. The SMILES string of the molecule is CN=C(NCCCCn1cnnc1)NCCc1ccc2c(c1)OCO2. The van der Waals surface area contributed by atoms with Crippen molar-refractivity contribution in [3.63, 3.8) is 0 Å². The van der Waals surface area contributed by atoms with E-state index in [9.17, 15) is 0 Å². The summed E-state index contributed by atoms with van der Waals surface area (Å²) in [5.41, 5.74) is 1.21. The van der Waals surface area contributed by atoms with Crippen LogP contribution in [0.3, 0.4) is 0 Å². The summed E-state index contributed by atoms with van der Waals surface area (Å²) in [4.78, 5) is 4.25. The highest BCUT2D eigenvalue weighted by atomic mass is 16.7. The van der Waals surface area contributed by atoms with Crippen molar-refractivity contribution in [1.29, 1.82) is 0 Å². The van der Waals surface area contributed by atoms with Crippen LogP contribution in [-0.2, 0) is 13.0 Å². The van der Waals surface area contributed by atoms with Crippen molar-refractivity contribution in [3.8, 4) is 11.5 Å². The number of benzene rings is 1. The topological polar surface area (TPSA) is 85.6 Å². The van der Waals surface area contributed by atoms with Crippen LogP contribution in [0.1, 0.15) is 18.4 Å². The van der Waals surface area contributed by atoms with Crippen LogP contribution in [-0.4, -0.2) is 47.7 Å². The predicted molar refractivity (Wildman–Crippen MR) is 94.9 cm³/mol. The molecule has 8 heteroatoms. The molecule has 2 aromatic rings. The molecule has 0 atom stereocenters. The second kappa shape index (κ2) is 8.91. The highest BCUT2D eigenvalue weighted by Crippen LogP contribution is 2.32. The van der Waals surface area contributed by atoms with Crippen molar-refractivity contribution >= 4 is 5.96 Å². The van der Waals surface area contributed by atoms with Crippen molar-refractivity contribution in [1.82, 2.24) is 25.4 Å². The maximum atomic E-state index is 5.40. The Labute approximate surface area is 147 Å². The number of aryl methyl sites for hydroxylation is 1. The minimum absolute atomic E-state index is 0.310.